The first-order valence-corrected chi connectivity index (χ1v) is 5.94. The summed E-state index contributed by atoms with van der Waals surface area (Å²) in [4.78, 5) is 21.5. The smallest absolute Gasteiger partial charge is 0.312 e. The summed E-state index contributed by atoms with van der Waals surface area (Å²) in [5, 5.41) is 11.0. The van der Waals surface area contributed by atoms with Crippen LogP contribution in [0, 0.1) is 6.92 Å². The van der Waals surface area contributed by atoms with Crippen LogP contribution in [0.5, 0.6) is 11.5 Å². The average molecular weight is 265 g/mol. The Kier molecular flexibility index (Phi) is 3.89. The van der Waals surface area contributed by atoms with Gasteiger partial charge in [0.05, 0.1) is 0 Å². The van der Waals surface area contributed by atoms with E-state index in [1.807, 2.05) is 19.1 Å². The van der Waals surface area contributed by atoms with Crippen LogP contribution < -0.4 is 14.8 Å². The van der Waals surface area contributed by atoms with E-state index in [1.165, 1.54) is 0 Å². The summed E-state index contributed by atoms with van der Waals surface area (Å²) in [5.41, 5.74) is 2.09. The highest BCUT2D eigenvalue weighted by Gasteiger charge is 2.15. The van der Waals surface area contributed by atoms with Crippen LogP contribution in [0.25, 0.3) is 0 Å². The molecule has 0 saturated heterocycles. The lowest BCUT2D eigenvalue weighted by Crippen LogP contribution is -2.27. The molecule has 0 atom stereocenters. The van der Waals surface area contributed by atoms with Crippen LogP contribution in [0.3, 0.4) is 0 Å². The Hall–Kier alpha value is -2.24. The molecule has 6 heteroatoms. The Morgan fingerprint density at radius 1 is 1.32 bits per heavy atom. The van der Waals surface area contributed by atoms with E-state index < -0.39 is 18.3 Å². The molecule has 1 aromatic carbocycles. The van der Waals surface area contributed by atoms with Crippen LogP contribution in [0.4, 0.5) is 0 Å². The fraction of sp³-hybridized carbons (Fsp3) is 0.385. The van der Waals surface area contributed by atoms with E-state index >= 15 is 0 Å². The molecule has 1 amide bonds. The molecule has 0 aromatic heterocycles. The SMILES string of the molecule is Cc1cc2c(cc1CCNC(=O)CC(=O)O)OCO2. The van der Waals surface area contributed by atoms with Gasteiger partial charge in [-0.05, 0) is 36.6 Å². The molecule has 0 bridgehead atoms. The molecule has 0 saturated carbocycles. The Labute approximate surface area is 110 Å². The predicted molar refractivity (Wildman–Crippen MR) is 66.3 cm³/mol. The normalized spacial score (nSPS) is 12.3. The Morgan fingerprint density at radius 2 is 2.00 bits per heavy atom. The van der Waals surface area contributed by atoms with Crippen molar-refractivity contribution in [3.8, 4) is 11.5 Å². The number of hydrogen-bond acceptors (Lipinski definition) is 4. The molecule has 6 nitrogen and oxygen atoms in total. The third-order valence-electron chi connectivity index (χ3n) is 2.86. The molecule has 2 N–H and O–H groups in total. The molecule has 1 aliphatic heterocycles. The third kappa shape index (κ3) is 3.37. The van der Waals surface area contributed by atoms with Crippen molar-refractivity contribution in [1.82, 2.24) is 5.32 Å². The Morgan fingerprint density at radius 3 is 2.68 bits per heavy atom. The van der Waals surface area contributed by atoms with Gasteiger partial charge in [-0.1, -0.05) is 0 Å². The van der Waals surface area contributed by atoms with Crippen molar-refractivity contribution in [3.05, 3.63) is 23.3 Å². The summed E-state index contributed by atoms with van der Waals surface area (Å²) < 4.78 is 10.6. The molecule has 0 fully saturated rings. The van der Waals surface area contributed by atoms with Gasteiger partial charge in [-0.15, -0.1) is 0 Å². The maximum absolute atomic E-state index is 11.2. The van der Waals surface area contributed by atoms with Gasteiger partial charge in [-0.2, -0.15) is 0 Å². The van der Waals surface area contributed by atoms with E-state index in [0.717, 1.165) is 16.9 Å². The number of benzene rings is 1. The lowest BCUT2D eigenvalue weighted by Gasteiger charge is -2.08. The third-order valence-corrected chi connectivity index (χ3v) is 2.86. The highest BCUT2D eigenvalue weighted by molar-refractivity contribution is 5.93. The fourth-order valence-corrected chi connectivity index (χ4v) is 1.89. The van der Waals surface area contributed by atoms with Gasteiger partial charge in [0, 0.05) is 6.54 Å². The number of nitrogens with one attached hydrogen (secondary N) is 1. The molecule has 1 aromatic rings. The van der Waals surface area contributed by atoms with Gasteiger partial charge < -0.3 is 19.9 Å². The number of hydrogen-bond donors (Lipinski definition) is 2. The molecular weight excluding hydrogens is 250 g/mol. The molecule has 2 rings (SSSR count). The zero-order chi connectivity index (χ0) is 13.8. The topological polar surface area (TPSA) is 84.9 Å². The number of carboxylic acids is 1. The standard InChI is InChI=1S/C13H15NO5/c1-8-4-10-11(19-7-18-10)5-9(8)2-3-14-12(15)6-13(16)17/h4-5H,2-3,6-7H2,1H3,(H,14,15)(H,16,17). The van der Waals surface area contributed by atoms with E-state index in [0.29, 0.717) is 18.7 Å². The second-order valence-corrected chi connectivity index (χ2v) is 4.30. The molecule has 0 spiro atoms. The fourth-order valence-electron chi connectivity index (χ4n) is 1.89. The van der Waals surface area contributed by atoms with Crippen molar-refractivity contribution in [2.45, 2.75) is 19.8 Å². The van der Waals surface area contributed by atoms with Crippen molar-refractivity contribution in [2.24, 2.45) is 0 Å². The van der Waals surface area contributed by atoms with Gasteiger partial charge in [-0.3, -0.25) is 9.59 Å². The van der Waals surface area contributed by atoms with Crippen LogP contribution in [-0.4, -0.2) is 30.3 Å². The minimum atomic E-state index is -1.13. The number of carboxylic acid groups (broad SMARTS) is 1. The van der Waals surface area contributed by atoms with Crippen LogP contribution in [0.1, 0.15) is 17.5 Å². The molecule has 102 valence electrons. The number of rotatable bonds is 5. The quantitative estimate of drug-likeness (QED) is 0.771. The second kappa shape index (κ2) is 5.60. The number of amides is 1. The van der Waals surface area contributed by atoms with Crippen molar-refractivity contribution in [2.75, 3.05) is 13.3 Å². The summed E-state index contributed by atoms with van der Waals surface area (Å²) in [6.07, 6.45) is 0.119. The lowest BCUT2D eigenvalue weighted by atomic mass is 10.0. The number of carbonyl (C=O) groups excluding carboxylic acids is 1. The highest BCUT2D eigenvalue weighted by Crippen LogP contribution is 2.34. The minimum absolute atomic E-state index is 0.230. The summed E-state index contributed by atoms with van der Waals surface area (Å²) in [5.74, 6) is -0.170. The predicted octanol–water partition coefficient (Wildman–Crippen LogP) is 0.857. The number of aliphatic carboxylic acids is 1. The van der Waals surface area contributed by atoms with E-state index in [9.17, 15) is 9.59 Å². The van der Waals surface area contributed by atoms with Crippen LogP contribution >= 0.6 is 0 Å². The molecule has 0 radical (unpaired) electrons. The minimum Gasteiger partial charge on any atom is -0.481 e. The van der Waals surface area contributed by atoms with E-state index in [4.69, 9.17) is 14.6 Å². The van der Waals surface area contributed by atoms with Gasteiger partial charge in [0.1, 0.15) is 6.42 Å². The zero-order valence-corrected chi connectivity index (χ0v) is 10.6. The molecule has 19 heavy (non-hydrogen) atoms. The number of fused-ring (bicyclic) bond motifs is 1. The van der Waals surface area contributed by atoms with E-state index in [-0.39, 0.29) is 6.79 Å². The number of ether oxygens (including phenoxy) is 2. The van der Waals surface area contributed by atoms with E-state index in [1.54, 1.807) is 0 Å². The Bertz CT molecular complexity index is 512. The van der Waals surface area contributed by atoms with Crippen LogP contribution in [0.15, 0.2) is 12.1 Å². The van der Waals surface area contributed by atoms with Crippen molar-refractivity contribution < 1.29 is 24.2 Å². The summed E-state index contributed by atoms with van der Waals surface area (Å²) in [7, 11) is 0. The molecule has 0 aliphatic carbocycles. The van der Waals surface area contributed by atoms with Gasteiger partial charge in [0.25, 0.3) is 0 Å². The number of aryl methyl sites for hydroxylation is 1. The highest BCUT2D eigenvalue weighted by atomic mass is 16.7. The maximum Gasteiger partial charge on any atom is 0.312 e. The largest absolute Gasteiger partial charge is 0.481 e. The van der Waals surface area contributed by atoms with Gasteiger partial charge in [0.2, 0.25) is 12.7 Å². The summed E-state index contributed by atoms with van der Waals surface area (Å²) in [6.45, 7) is 2.58. The van der Waals surface area contributed by atoms with Gasteiger partial charge >= 0.3 is 5.97 Å². The lowest BCUT2D eigenvalue weighted by molar-refractivity contribution is -0.140. The van der Waals surface area contributed by atoms with Crippen molar-refractivity contribution >= 4 is 11.9 Å². The average Bonchev–Trinajstić information content (AvgIpc) is 2.75. The monoisotopic (exact) mass is 265 g/mol. The summed E-state index contributed by atoms with van der Waals surface area (Å²) in [6, 6.07) is 3.79. The zero-order valence-electron chi connectivity index (χ0n) is 10.6. The van der Waals surface area contributed by atoms with Crippen molar-refractivity contribution in [3.63, 3.8) is 0 Å². The van der Waals surface area contributed by atoms with Gasteiger partial charge in [-0.25, -0.2) is 0 Å². The van der Waals surface area contributed by atoms with Crippen molar-refractivity contribution in [1.29, 1.82) is 0 Å². The van der Waals surface area contributed by atoms with Gasteiger partial charge in [0.15, 0.2) is 11.5 Å². The first-order valence-electron chi connectivity index (χ1n) is 5.94. The number of carbonyl (C=O) groups is 2. The first-order chi connectivity index (χ1) is 9.06. The van der Waals surface area contributed by atoms with E-state index in [2.05, 4.69) is 5.32 Å². The first kappa shape index (κ1) is 13.2. The second-order valence-electron chi connectivity index (χ2n) is 4.30. The molecule has 0 unspecified atom stereocenters. The Balaban J connectivity index is 1.90. The molecule has 1 heterocycles. The van der Waals surface area contributed by atoms with Crippen LogP contribution in [-0.2, 0) is 16.0 Å². The molecule has 1 aliphatic rings. The van der Waals surface area contributed by atoms with Crippen LogP contribution in [0.2, 0.25) is 0 Å². The maximum atomic E-state index is 11.2. The molecular formula is C13H15NO5. The summed E-state index contributed by atoms with van der Waals surface area (Å²) >= 11 is 0.